The van der Waals surface area contributed by atoms with E-state index in [-0.39, 0.29) is 17.5 Å². The van der Waals surface area contributed by atoms with E-state index in [1.165, 1.54) is 15.8 Å². The minimum absolute atomic E-state index is 0.00641. The average Bonchev–Trinajstić information content (AvgIpc) is 3.12. The van der Waals surface area contributed by atoms with Crippen molar-refractivity contribution in [3.05, 3.63) is 42.1 Å². The molecule has 3 atom stereocenters. The molecule has 0 radical (unpaired) electrons. The van der Waals surface area contributed by atoms with E-state index < -0.39 is 17.4 Å². The maximum Gasteiger partial charge on any atom is 0.407 e. The van der Waals surface area contributed by atoms with Crippen LogP contribution in [0.2, 0.25) is 0 Å². The van der Waals surface area contributed by atoms with E-state index >= 15 is 0 Å². The predicted molar refractivity (Wildman–Crippen MR) is 112 cm³/mol. The van der Waals surface area contributed by atoms with Crippen LogP contribution in [0.1, 0.15) is 52.1 Å². The zero-order valence-electron chi connectivity index (χ0n) is 18.0. The van der Waals surface area contributed by atoms with Gasteiger partial charge in [-0.2, -0.15) is 5.10 Å². The van der Waals surface area contributed by atoms with E-state index in [2.05, 4.69) is 15.4 Å². The van der Waals surface area contributed by atoms with Crippen molar-refractivity contribution >= 4 is 6.09 Å². The van der Waals surface area contributed by atoms with Crippen LogP contribution in [0.4, 0.5) is 9.18 Å². The molecule has 2 aromatic heterocycles. The summed E-state index contributed by atoms with van der Waals surface area (Å²) in [6, 6.07) is 3.58. The molecule has 1 aliphatic heterocycles. The zero-order chi connectivity index (χ0) is 22.1. The van der Waals surface area contributed by atoms with Crippen molar-refractivity contribution < 1.29 is 14.3 Å². The lowest BCUT2D eigenvalue weighted by molar-refractivity contribution is 0.0315. The lowest BCUT2D eigenvalue weighted by Crippen LogP contribution is -2.63. The molecule has 2 aromatic rings. The molecular formula is C21H31FN6O2. The number of nitrogens with one attached hydrogen (secondary N) is 1. The van der Waals surface area contributed by atoms with Gasteiger partial charge in [0.1, 0.15) is 0 Å². The molecule has 0 bridgehead atoms. The fourth-order valence-corrected chi connectivity index (χ4v) is 3.95. The van der Waals surface area contributed by atoms with Gasteiger partial charge in [0.25, 0.3) is 0 Å². The third-order valence-corrected chi connectivity index (χ3v) is 5.89. The first-order valence-corrected chi connectivity index (χ1v) is 10.2. The Kier molecular flexibility index (Phi) is 6.14. The first-order valence-electron chi connectivity index (χ1n) is 10.2. The van der Waals surface area contributed by atoms with Crippen LogP contribution in [0.5, 0.6) is 0 Å². The summed E-state index contributed by atoms with van der Waals surface area (Å²) < 4.78 is 14.5. The van der Waals surface area contributed by atoms with Crippen LogP contribution in [0, 0.1) is 11.2 Å². The number of likely N-dealkylation sites (tertiary alicyclic amines) is 1. The summed E-state index contributed by atoms with van der Waals surface area (Å²) in [4.78, 5) is 17.5. The maximum absolute atomic E-state index is 13.1. The Balaban J connectivity index is 1.63. The molecule has 1 fully saturated rings. The average molecular weight is 419 g/mol. The maximum atomic E-state index is 13.1. The third-order valence-electron chi connectivity index (χ3n) is 5.89. The van der Waals surface area contributed by atoms with Gasteiger partial charge in [-0.25, -0.2) is 18.9 Å². The number of piperidine rings is 1. The molecule has 30 heavy (non-hydrogen) atoms. The molecule has 3 heterocycles. The van der Waals surface area contributed by atoms with Crippen molar-refractivity contribution in [1.82, 2.24) is 25.0 Å². The Morgan fingerprint density at radius 2 is 2.17 bits per heavy atom. The molecule has 3 unspecified atom stereocenters. The highest BCUT2D eigenvalue weighted by Crippen LogP contribution is 2.35. The van der Waals surface area contributed by atoms with Gasteiger partial charge in [0, 0.05) is 36.9 Å². The normalized spacial score (nSPS) is 23.4. The van der Waals surface area contributed by atoms with Crippen LogP contribution in [-0.2, 0) is 0 Å². The van der Waals surface area contributed by atoms with Crippen molar-refractivity contribution in [2.24, 2.45) is 11.1 Å². The molecule has 8 nitrogen and oxygen atoms in total. The molecule has 4 N–H and O–H groups in total. The van der Waals surface area contributed by atoms with Gasteiger partial charge < -0.3 is 21.1 Å². The number of pyridine rings is 1. The second-order valence-electron chi connectivity index (χ2n) is 9.33. The van der Waals surface area contributed by atoms with Gasteiger partial charge in [0.15, 0.2) is 11.6 Å². The molecule has 1 aliphatic rings. The zero-order valence-corrected chi connectivity index (χ0v) is 18.0. The van der Waals surface area contributed by atoms with Gasteiger partial charge in [0.2, 0.25) is 0 Å². The smallest absolute Gasteiger partial charge is 0.407 e. The van der Waals surface area contributed by atoms with Gasteiger partial charge in [-0.3, -0.25) is 0 Å². The highest BCUT2D eigenvalue weighted by molar-refractivity contribution is 5.65. The molecular weight excluding hydrogens is 387 g/mol. The van der Waals surface area contributed by atoms with E-state index in [0.29, 0.717) is 31.7 Å². The number of hydrogen-bond acceptors (Lipinski definition) is 5. The molecule has 0 saturated carbocycles. The van der Waals surface area contributed by atoms with Gasteiger partial charge in [0.05, 0.1) is 12.4 Å². The first kappa shape index (κ1) is 22.2. The Labute approximate surface area is 176 Å². The van der Waals surface area contributed by atoms with Crippen molar-refractivity contribution in [2.75, 3.05) is 13.1 Å². The van der Waals surface area contributed by atoms with Gasteiger partial charge in [-0.1, -0.05) is 26.8 Å². The lowest BCUT2D eigenvalue weighted by Gasteiger charge is -2.49. The molecule has 1 amide bonds. The largest absolute Gasteiger partial charge is 0.465 e. The van der Waals surface area contributed by atoms with E-state index in [9.17, 15) is 14.3 Å². The fourth-order valence-electron chi connectivity index (χ4n) is 3.95. The Bertz CT molecular complexity index is 878. The van der Waals surface area contributed by atoms with Crippen molar-refractivity contribution in [3.63, 3.8) is 0 Å². The number of rotatable bonds is 5. The minimum atomic E-state index is -0.887. The summed E-state index contributed by atoms with van der Waals surface area (Å²) >= 11 is 0. The number of halogens is 1. The monoisotopic (exact) mass is 418 g/mol. The van der Waals surface area contributed by atoms with Crippen molar-refractivity contribution in [2.45, 2.75) is 58.2 Å². The summed E-state index contributed by atoms with van der Waals surface area (Å²) in [6.07, 6.45) is 4.47. The predicted octanol–water partition coefficient (Wildman–Crippen LogP) is 2.94. The van der Waals surface area contributed by atoms with Gasteiger partial charge in [-0.15, -0.1) is 0 Å². The summed E-state index contributed by atoms with van der Waals surface area (Å²) in [7, 11) is 0. The molecule has 0 aliphatic carbocycles. The summed E-state index contributed by atoms with van der Waals surface area (Å²) in [6.45, 7) is 9.18. The Morgan fingerprint density at radius 3 is 2.70 bits per heavy atom. The third kappa shape index (κ3) is 4.96. The van der Waals surface area contributed by atoms with E-state index in [0.717, 1.165) is 11.8 Å². The topological polar surface area (TPSA) is 109 Å². The van der Waals surface area contributed by atoms with Gasteiger partial charge >= 0.3 is 6.09 Å². The summed E-state index contributed by atoms with van der Waals surface area (Å²) in [5, 5.41) is 16.9. The van der Waals surface area contributed by atoms with Crippen LogP contribution in [0.15, 0.2) is 30.7 Å². The molecule has 9 heteroatoms. The van der Waals surface area contributed by atoms with Crippen LogP contribution in [0.3, 0.4) is 0 Å². The van der Waals surface area contributed by atoms with Crippen LogP contribution < -0.4 is 11.1 Å². The standard InChI is InChI=1S/C21H31FN6O2/c1-14(15-5-6-18(24-10-15)28-12-16(22)11-26-28)25-13-21(23)7-8-27(19(29)30)17(9-21)20(2,3)4/h5-6,10-12,14,17,25H,7-9,13,23H2,1-4H3,(H,29,30). The highest BCUT2D eigenvalue weighted by Gasteiger charge is 2.43. The van der Waals surface area contributed by atoms with E-state index in [1.807, 2.05) is 33.8 Å². The number of nitrogens with zero attached hydrogens (tertiary/aromatic N) is 4. The molecule has 164 valence electrons. The number of carboxylic acid groups (broad SMARTS) is 1. The lowest BCUT2D eigenvalue weighted by atomic mass is 9.74. The second kappa shape index (κ2) is 8.31. The van der Waals surface area contributed by atoms with Crippen LogP contribution >= 0.6 is 0 Å². The van der Waals surface area contributed by atoms with E-state index in [4.69, 9.17) is 5.73 Å². The van der Waals surface area contributed by atoms with E-state index in [1.54, 1.807) is 12.3 Å². The van der Waals surface area contributed by atoms with Crippen molar-refractivity contribution in [1.29, 1.82) is 0 Å². The number of amides is 1. The SMILES string of the molecule is CC(NCC1(N)CCN(C(=O)O)C(C(C)(C)C)C1)c1ccc(-n2cc(F)cn2)nc1. The Hall–Kier alpha value is -2.52. The highest BCUT2D eigenvalue weighted by atomic mass is 19.1. The second-order valence-corrected chi connectivity index (χ2v) is 9.33. The van der Waals surface area contributed by atoms with Crippen LogP contribution in [-0.4, -0.2) is 55.5 Å². The number of nitrogens with two attached hydrogens (primary N) is 1. The van der Waals surface area contributed by atoms with Crippen LogP contribution in [0.25, 0.3) is 5.82 Å². The molecule has 3 rings (SSSR count). The molecule has 0 aromatic carbocycles. The fraction of sp³-hybridized carbons (Fsp3) is 0.571. The van der Waals surface area contributed by atoms with Gasteiger partial charge in [-0.05, 0) is 36.8 Å². The number of aromatic nitrogens is 3. The summed E-state index contributed by atoms with van der Waals surface area (Å²) in [5.74, 6) is 0.130. The quantitative estimate of drug-likeness (QED) is 0.689. The minimum Gasteiger partial charge on any atom is -0.465 e. The first-order chi connectivity index (χ1) is 14.0. The summed E-state index contributed by atoms with van der Waals surface area (Å²) in [5.41, 5.74) is 6.99. The molecule has 1 saturated heterocycles. The van der Waals surface area contributed by atoms with Crippen molar-refractivity contribution in [3.8, 4) is 5.82 Å². The number of carbonyl (C=O) groups is 1. The molecule has 0 spiro atoms. The number of hydrogen-bond donors (Lipinski definition) is 3. The Morgan fingerprint density at radius 1 is 1.43 bits per heavy atom.